The molecule has 18 heavy (non-hydrogen) atoms. The molecule has 0 unspecified atom stereocenters. The van der Waals surface area contributed by atoms with E-state index in [1.54, 1.807) is 0 Å². The summed E-state index contributed by atoms with van der Waals surface area (Å²) in [6.07, 6.45) is 6.94. The number of rotatable bonds is 6. The summed E-state index contributed by atoms with van der Waals surface area (Å²) < 4.78 is 4.14. The van der Waals surface area contributed by atoms with Gasteiger partial charge in [-0.25, -0.2) is 4.98 Å². The molecule has 0 fully saturated rings. The fourth-order valence-electron chi connectivity index (χ4n) is 1.93. The lowest BCUT2D eigenvalue weighted by molar-refractivity contribution is 0.528. The van der Waals surface area contributed by atoms with Gasteiger partial charge in [0, 0.05) is 37.7 Å². The molecule has 2 heterocycles. The lowest BCUT2D eigenvalue weighted by Gasteiger charge is -2.12. The molecule has 0 atom stereocenters. The Morgan fingerprint density at radius 3 is 2.83 bits per heavy atom. The highest BCUT2D eigenvalue weighted by molar-refractivity contribution is 5.29. The van der Waals surface area contributed by atoms with Crippen molar-refractivity contribution in [3.8, 4) is 0 Å². The van der Waals surface area contributed by atoms with Gasteiger partial charge in [0.25, 0.3) is 0 Å². The van der Waals surface area contributed by atoms with Crippen LogP contribution in [0.15, 0.2) is 24.7 Å². The van der Waals surface area contributed by atoms with E-state index >= 15 is 0 Å². The van der Waals surface area contributed by atoms with E-state index < -0.39 is 0 Å². The number of hydrogen-bond acceptors (Lipinski definition) is 3. The van der Waals surface area contributed by atoms with Gasteiger partial charge >= 0.3 is 0 Å². The summed E-state index contributed by atoms with van der Waals surface area (Å²) >= 11 is 0. The summed E-state index contributed by atoms with van der Waals surface area (Å²) in [6.45, 7) is 8.16. The summed E-state index contributed by atoms with van der Waals surface area (Å²) in [5.41, 5.74) is 1.05. The van der Waals surface area contributed by atoms with E-state index in [1.165, 1.54) is 0 Å². The van der Waals surface area contributed by atoms with E-state index in [-0.39, 0.29) is 0 Å². The van der Waals surface area contributed by atoms with Crippen LogP contribution < -0.4 is 5.32 Å². The van der Waals surface area contributed by atoms with E-state index in [2.05, 4.69) is 40.0 Å². The van der Waals surface area contributed by atoms with E-state index in [0.717, 1.165) is 31.2 Å². The quantitative estimate of drug-likeness (QED) is 0.852. The van der Waals surface area contributed by atoms with Gasteiger partial charge in [-0.05, 0) is 33.3 Å². The average molecular weight is 247 g/mol. The Morgan fingerprint density at radius 1 is 1.33 bits per heavy atom. The molecule has 0 aliphatic rings. The molecule has 98 valence electrons. The molecular weight excluding hydrogens is 226 g/mol. The summed E-state index contributed by atoms with van der Waals surface area (Å²) in [4.78, 5) is 4.50. The number of hydrogen-bond donors (Lipinski definition) is 1. The van der Waals surface area contributed by atoms with Crippen LogP contribution in [0, 0.1) is 6.92 Å². The minimum atomic E-state index is 0.400. The molecule has 0 radical (unpaired) electrons. The highest BCUT2D eigenvalue weighted by Gasteiger charge is 2.06. The van der Waals surface area contributed by atoms with Crippen molar-refractivity contribution in [3.63, 3.8) is 0 Å². The second-order valence-electron chi connectivity index (χ2n) is 4.82. The van der Waals surface area contributed by atoms with Crippen molar-refractivity contribution in [2.45, 2.75) is 46.3 Å². The Labute approximate surface area is 108 Å². The first-order valence-corrected chi connectivity index (χ1v) is 6.43. The van der Waals surface area contributed by atoms with Crippen LogP contribution in [0.3, 0.4) is 0 Å². The van der Waals surface area contributed by atoms with Crippen molar-refractivity contribution in [2.75, 3.05) is 5.32 Å². The van der Waals surface area contributed by atoms with Crippen molar-refractivity contribution in [3.05, 3.63) is 30.4 Å². The number of aryl methyl sites for hydroxylation is 3. The number of anilines is 1. The van der Waals surface area contributed by atoms with E-state index in [0.29, 0.717) is 6.04 Å². The second-order valence-corrected chi connectivity index (χ2v) is 4.82. The molecule has 0 bridgehead atoms. The predicted molar refractivity (Wildman–Crippen MR) is 72.6 cm³/mol. The highest BCUT2D eigenvalue weighted by atomic mass is 15.3. The molecule has 0 aromatic carbocycles. The largest absolute Gasteiger partial charge is 0.353 e. The number of aromatic nitrogens is 4. The average Bonchev–Trinajstić information content (AvgIpc) is 2.89. The van der Waals surface area contributed by atoms with Crippen LogP contribution in [0.25, 0.3) is 0 Å². The Kier molecular flexibility index (Phi) is 4.02. The molecule has 5 nitrogen and oxygen atoms in total. The maximum atomic E-state index is 4.50. The van der Waals surface area contributed by atoms with E-state index in [4.69, 9.17) is 0 Å². The molecule has 1 N–H and O–H groups in total. The fourth-order valence-corrected chi connectivity index (χ4v) is 1.93. The molecule has 0 aliphatic carbocycles. The van der Waals surface area contributed by atoms with Crippen molar-refractivity contribution >= 4 is 5.95 Å². The maximum Gasteiger partial charge on any atom is 0.203 e. The van der Waals surface area contributed by atoms with Crippen LogP contribution in [0.2, 0.25) is 0 Å². The third-order valence-corrected chi connectivity index (χ3v) is 2.66. The van der Waals surface area contributed by atoms with Crippen LogP contribution in [0.4, 0.5) is 5.95 Å². The lowest BCUT2D eigenvalue weighted by atomic mass is 10.4. The third-order valence-electron chi connectivity index (χ3n) is 2.66. The van der Waals surface area contributed by atoms with Crippen molar-refractivity contribution in [1.29, 1.82) is 0 Å². The molecule has 2 aromatic heterocycles. The molecule has 0 aliphatic heterocycles. The second kappa shape index (κ2) is 5.71. The van der Waals surface area contributed by atoms with Gasteiger partial charge in [0.05, 0.1) is 5.69 Å². The lowest BCUT2D eigenvalue weighted by Crippen LogP contribution is -2.15. The predicted octanol–water partition coefficient (Wildman–Crippen LogP) is 2.30. The normalized spacial score (nSPS) is 11.1. The van der Waals surface area contributed by atoms with Crippen LogP contribution >= 0.6 is 0 Å². The van der Waals surface area contributed by atoms with Gasteiger partial charge in [-0.15, -0.1) is 0 Å². The standard InChI is InChI=1S/C13H21N5/c1-11(2)15-13-16-12(3)10-17(13)7-5-9-18-8-4-6-14-18/h4,6,8,10-11H,5,7,9H2,1-3H3,(H,15,16). The van der Waals surface area contributed by atoms with Crippen LogP contribution in [0.5, 0.6) is 0 Å². The number of imidazole rings is 1. The van der Waals surface area contributed by atoms with Crippen molar-refractivity contribution < 1.29 is 0 Å². The van der Waals surface area contributed by atoms with Gasteiger partial charge in [-0.1, -0.05) is 0 Å². The minimum Gasteiger partial charge on any atom is -0.353 e. The molecule has 0 saturated carbocycles. The van der Waals surface area contributed by atoms with Gasteiger partial charge in [0.15, 0.2) is 0 Å². The van der Waals surface area contributed by atoms with E-state index in [9.17, 15) is 0 Å². The monoisotopic (exact) mass is 247 g/mol. The molecule has 0 amide bonds. The number of nitrogens with one attached hydrogen (secondary N) is 1. The van der Waals surface area contributed by atoms with Crippen LogP contribution in [0.1, 0.15) is 26.0 Å². The molecule has 2 aromatic rings. The maximum absolute atomic E-state index is 4.50. The van der Waals surface area contributed by atoms with Gasteiger partial charge in [0.1, 0.15) is 0 Å². The van der Waals surface area contributed by atoms with Crippen LogP contribution in [-0.4, -0.2) is 25.4 Å². The smallest absolute Gasteiger partial charge is 0.203 e. The first kappa shape index (κ1) is 12.7. The summed E-state index contributed by atoms with van der Waals surface area (Å²) in [6, 6.07) is 2.35. The minimum absolute atomic E-state index is 0.400. The molecule has 2 rings (SSSR count). The van der Waals surface area contributed by atoms with Gasteiger partial charge < -0.3 is 9.88 Å². The van der Waals surface area contributed by atoms with Crippen LogP contribution in [-0.2, 0) is 13.1 Å². The Bertz CT molecular complexity index is 470. The fraction of sp³-hybridized carbons (Fsp3) is 0.538. The Hall–Kier alpha value is -1.78. The molecular formula is C13H21N5. The SMILES string of the molecule is Cc1cn(CCCn2cccn2)c(NC(C)C)n1. The molecule has 0 spiro atoms. The first-order valence-electron chi connectivity index (χ1n) is 6.43. The van der Waals surface area contributed by atoms with Crippen molar-refractivity contribution in [1.82, 2.24) is 19.3 Å². The van der Waals surface area contributed by atoms with E-state index in [1.807, 2.05) is 30.1 Å². The summed E-state index contributed by atoms with van der Waals surface area (Å²) in [5.74, 6) is 0.961. The van der Waals surface area contributed by atoms with Gasteiger partial charge in [0.2, 0.25) is 5.95 Å². The zero-order chi connectivity index (χ0) is 13.0. The summed E-state index contributed by atoms with van der Waals surface area (Å²) in [5, 5.41) is 7.57. The topological polar surface area (TPSA) is 47.7 Å². The highest BCUT2D eigenvalue weighted by Crippen LogP contribution is 2.10. The van der Waals surface area contributed by atoms with Gasteiger partial charge in [-0.3, -0.25) is 4.68 Å². The Morgan fingerprint density at radius 2 is 2.17 bits per heavy atom. The molecule has 5 heteroatoms. The first-order chi connectivity index (χ1) is 8.65. The number of nitrogens with zero attached hydrogens (tertiary/aromatic N) is 4. The molecule has 0 saturated heterocycles. The van der Waals surface area contributed by atoms with Gasteiger partial charge in [-0.2, -0.15) is 5.10 Å². The third kappa shape index (κ3) is 3.35. The zero-order valence-electron chi connectivity index (χ0n) is 11.3. The Balaban J connectivity index is 1.91. The van der Waals surface area contributed by atoms with Crippen molar-refractivity contribution in [2.24, 2.45) is 0 Å². The summed E-state index contributed by atoms with van der Waals surface area (Å²) in [7, 11) is 0. The zero-order valence-corrected chi connectivity index (χ0v) is 11.3.